The number of nitrogens with zero attached hydrogens (tertiary/aromatic N) is 1. The van der Waals surface area contributed by atoms with Gasteiger partial charge in [0.25, 0.3) is 0 Å². The van der Waals surface area contributed by atoms with E-state index in [0.29, 0.717) is 18.9 Å². The van der Waals surface area contributed by atoms with Gasteiger partial charge in [0.2, 0.25) is 5.91 Å². The lowest BCUT2D eigenvalue weighted by Crippen LogP contribution is -2.38. The van der Waals surface area contributed by atoms with E-state index >= 15 is 0 Å². The van der Waals surface area contributed by atoms with Gasteiger partial charge < -0.3 is 15.1 Å². The van der Waals surface area contributed by atoms with Crippen molar-refractivity contribution in [1.82, 2.24) is 4.90 Å². The maximum Gasteiger partial charge on any atom is 0.222 e. The molecule has 1 amide bonds. The SMILES string of the molecule is CC(C)(C)C1CCC(=O)N(CC(O)CO)CC1. The summed E-state index contributed by atoms with van der Waals surface area (Å²) in [5, 5.41) is 18.2. The first kappa shape index (κ1) is 14.5. The van der Waals surface area contributed by atoms with Gasteiger partial charge in [-0.25, -0.2) is 0 Å². The van der Waals surface area contributed by atoms with Crippen LogP contribution in [0.5, 0.6) is 0 Å². The van der Waals surface area contributed by atoms with E-state index in [-0.39, 0.29) is 24.5 Å². The maximum atomic E-state index is 11.9. The van der Waals surface area contributed by atoms with Crippen LogP contribution in [0, 0.1) is 11.3 Å². The first-order valence-corrected chi connectivity index (χ1v) is 6.41. The zero-order valence-corrected chi connectivity index (χ0v) is 11.1. The second-order valence-electron chi connectivity index (χ2n) is 6.07. The molecule has 17 heavy (non-hydrogen) atoms. The van der Waals surface area contributed by atoms with Crippen LogP contribution in [0.4, 0.5) is 0 Å². The number of hydrogen-bond acceptors (Lipinski definition) is 3. The average molecular weight is 243 g/mol. The number of amides is 1. The molecule has 100 valence electrons. The van der Waals surface area contributed by atoms with Crippen LogP contribution in [-0.2, 0) is 4.79 Å². The molecule has 0 saturated carbocycles. The van der Waals surface area contributed by atoms with Crippen molar-refractivity contribution in [2.75, 3.05) is 19.7 Å². The molecule has 0 bridgehead atoms. The Morgan fingerprint density at radius 2 is 2.06 bits per heavy atom. The lowest BCUT2D eigenvalue weighted by atomic mass is 9.77. The fourth-order valence-electron chi connectivity index (χ4n) is 2.41. The number of β-amino-alcohol motifs (C(OH)–C–C–N with tert-alkyl or cyclic N) is 1. The second-order valence-corrected chi connectivity index (χ2v) is 6.07. The monoisotopic (exact) mass is 243 g/mol. The second kappa shape index (κ2) is 5.83. The summed E-state index contributed by atoms with van der Waals surface area (Å²) < 4.78 is 0. The van der Waals surface area contributed by atoms with Crippen molar-refractivity contribution in [2.24, 2.45) is 11.3 Å². The van der Waals surface area contributed by atoms with E-state index < -0.39 is 6.10 Å². The molecule has 0 aromatic heterocycles. The molecule has 4 nitrogen and oxygen atoms in total. The zero-order valence-electron chi connectivity index (χ0n) is 11.1. The molecule has 2 N–H and O–H groups in total. The van der Waals surface area contributed by atoms with Crippen LogP contribution in [0.25, 0.3) is 0 Å². The van der Waals surface area contributed by atoms with Crippen molar-refractivity contribution in [3.63, 3.8) is 0 Å². The Hall–Kier alpha value is -0.610. The molecular weight excluding hydrogens is 218 g/mol. The predicted octanol–water partition coefficient (Wildman–Crippen LogP) is 1.01. The molecule has 2 atom stereocenters. The van der Waals surface area contributed by atoms with Gasteiger partial charge in [-0.05, 0) is 24.2 Å². The third-order valence-corrected chi connectivity index (χ3v) is 3.67. The Balaban J connectivity index is 2.58. The molecule has 0 aromatic carbocycles. The molecule has 1 heterocycles. The van der Waals surface area contributed by atoms with E-state index in [4.69, 9.17) is 5.11 Å². The summed E-state index contributed by atoms with van der Waals surface area (Å²) in [7, 11) is 0. The van der Waals surface area contributed by atoms with Gasteiger partial charge in [-0.2, -0.15) is 0 Å². The molecule has 1 fully saturated rings. The predicted molar refractivity (Wildman–Crippen MR) is 66.5 cm³/mol. The number of hydrogen-bond donors (Lipinski definition) is 2. The lowest BCUT2D eigenvalue weighted by Gasteiger charge is -2.29. The number of rotatable bonds is 3. The Morgan fingerprint density at radius 3 is 2.59 bits per heavy atom. The normalized spacial score (nSPS) is 24.6. The minimum atomic E-state index is -0.815. The van der Waals surface area contributed by atoms with Crippen molar-refractivity contribution in [3.05, 3.63) is 0 Å². The van der Waals surface area contributed by atoms with E-state index in [1.54, 1.807) is 4.90 Å². The summed E-state index contributed by atoms with van der Waals surface area (Å²) in [6.45, 7) is 7.29. The van der Waals surface area contributed by atoms with Crippen LogP contribution in [0.3, 0.4) is 0 Å². The fraction of sp³-hybridized carbons (Fsp3) is 0.923. The van der Waals surface area contributed by atoms with Gasteiger partial charge in [0, 0.05) is 19.5 Å². The molecule has 1 aliphatic heterocycles. The average Bonchev–Trinajstić information content (AvgIpc) is 2.41. The van der Waals surface area contributed by atoms with Crippen LogP contribution < -0.4 is 0 Å². The van der Waals surface area contributed by atoms with E-state index in [9.17, 15) is 9.90 Å². The molecular formula is C13H25NO3. The number of aliphatic hydroxyl groups is 2. The first-order chi connectivity index (χ1) is 7.84. The van der Waals surface area contributed by atoms with Crippen LogP contribution in [0.1, 0.15) is 40.0 Å². The van der Waals surface area contributed by atoms with Crippen LogP contribution in [-0.4, -0.2) is 46.8 Å². The minimum Gasteiger partial charge on any atom is -0.394 e. The molecule has 1 rings (SSSR count). The van der Waals surface area contributed by atoms with Gasteiger partial charge in [0.05, 0.1) is 12.7 Å². The van der Waals surface area contributed by atoms with E-state index in [1.807, 2.05) is 0 Å². The first-order valence-electron chi connectivity index (χ1n) is 6.41. The smallest absolute Gasteiger partial charge is 0.222 e. The third-order valence-electron chi connectivity index (χ3n) is 3.67. The highest BCUT2D eigenvalue weighted by Crippen LogP contribution is 2.34. The van der Waals surface area contributed by atoms with Gasteiger partial charge >= 0.3 is 0 Å². The van der Waals surface area contributed by atoms with Gasteiger partial charge in [-0.1, -0.05) is 20.8 Å². The molecule has 0 aliphatic carbocycles. The Labute approximate surface area is 104 Å². The molecule has 4 heteroatoms. The minimum absolute atomic E-state index is 0.101. The van der Waals surface area contributed by atoms with Gasteiger partial charge in [0.15, 0.2) is 0 Å². The topological polar surface area (TPSA) is 60.8 Å². The Morgan fingerprint density at radius 1 is 1.41 bits per heavy atom. The van der Waals surface area contributed by atoms with Crippen molar-refractivity contribution in [2.45, 2.75) is 46.1 Å². The quantitative estimate of drug-likeness (QED) is 0.778. The summed E-state index contributed by atoms with van der Waals surface area (Å²) >= 11 is 0. The number of aliphatic hydroxyl groups excluding tert-OH is 2. The summed E-state index contributed by atoms with van der Waals surface area (Å²) in [6, 6.07) is 0. The Bertz CT molecular complexity index is 260. The molecule has 2 unspecified atom stereocenters. The summed E-state index contributed by atoms with van der Waals surface area (Å²) in [4.78, 5) is 13.6. The van der Waals surface area contributed by atoms with Gasteiger partial charge in [-0.3, -0.25) is 4.79 Å². The van der Waals surface area contributed by atoms with E-state index in [0.717, 1.165) is 12.8 Å². The molecule has 1 saturated heterocycles. The van der Waals surface area contributed by atoms with Gasteiger partial charge in [-0.15, -0.1) is 0 Å². The molecule has 0 spiro atoms. The number of likely N-dealkylation sites (tertiary alicyclic amines) is 1. The van der Waals surface area contributed by atoms with Crippen LogP contribution in [0.15, 0.2) is 0 Å². The van der Waals surface area contributed by atoms with E-state index in [1.165, 1.54) is 0 Å². The van der Waals surface area contributed by atoms with Crippen molar-refractivity contribution in [1.29, 1.82) is 0 Å². The van der Waals surface area contributed by atoms with Gasteiger partial charge in [0.1, 0.15) is 0 Å². The summed E-state index contributed by atoms with van der Waals surface area (Å²) in [5.74, 6) is 0.645. The highest BCUT2D eigenvalue weighted by atomic mass is 16.3. The number of carbonyl (C=O) groups excluding carboxylic acids is 1. The zero-order chi connectivity index (χ0) is 13.1. The lowest BCUT2D eigenvalue weighted by molar-refractivity contribution is -0.132. The number of carbonyl (C=O) groups is 1. The summed E-state index contributed by atoms with van der Waals surface area (Å²) in [5.41, 5.74) is 0.228. The van der Waals surface area contributed by atoms with Crippen molar-refractivity contribution in [3.8, 4) is 0 Å². The highest BCUT2D eigenvalue weighted by molar-refractivity contribution is 5.76. The fourth-order valence-corrected chi connectivity index (χ4v) is 2.41. The van der Waals surface area contributed by atoms with Crippen LogP contribution >= 0.6 is 0 Å². The highest BCUT2D eigenvalue weighted by Gasteiger charge is 2.30. The molecule has 1 aliphatic rings. The largest absolute Gasteiger partial charge is 0.394 e. The van der Waals surface area contributed by atoms with Crippen LogP contribution in [0.2, 0.25) is 0 Å². The van der Waals surface area contributed by atoms with Crippen molar-refractivity contribution < 1.29 is 15.0 Å². The third kappa shape index (κ3) is 4.28. The maximum absolute atomic E-state index is 11.9. The standard InChI is InChI=1S/C13H25NO3/c1-13(2,3)10-4-5-12(17)14(7-6-10)8-11(16)9-15/h10-11,15-16H,4-9H2,1-3H3. The molecule has 0 aromatic rings. The van der Waals surface area contributed by atoms with E-state index in [2.05, 4.69) is 20.8 Å². The van der Waals surface area contributed by atoms with Crippen molar-refractivity contribution >= 4 is 5.91 Å². The summed E-state index contributed by atoms with van der Waals surface area (Å²) in [6.07, 6.45) is 1.65. The Kier molecular flexibility index (Phi) is 4.95. The molecule has 0 radical (unpaired) electrons.